The molecule has 0 rings (SSSR count). The second kappa shape index (κ2) is 42.0. The summed E-state index contributed by atoms with van der Waals surface area (Å²) in [5.41, 5.74) is 0. The lowest BCUT2D eigenvalue weighted by Gasteiger charge is -2.28. The highest BCUT2D eigenvalue weighted by Crippen LogP contribution is 2.38. The summed E-state index contributed by atoms with van der Waals surface area (Å²) in [6.45, 7) is 5.45. The highest BCUT2D eigenvalue weighted by atomic mass is 31.2. The van der Waals surface area contributed by atoms with Crippen molar-refractivity contribution in [1.29, 1.82) is 0 Å². The Labute approximate surface area is 354 Å². The van der Waals surface area contributed by atoms with E-state index in [9.17, 15) is 14.3 Å². The molecule has 0 amide bonds. The van der Waals surface area contributed by atoms with E-state index in [4.69, 9.17) is 18.5 Å². The zero-order valence-electron chi connectivity index (χ0n) is 38.6. The number of phosphoric ester groups is 1. The van der Waals surface area contributed by atoms with E-state index in [1.54, 1.807) is 0 Å². The number of phosphoric acid groups is 1. The minimum Gasteiger partial charge on any atom is -0.756 e. The standard InChI is InChI=1S/C48H96NO7P/c1-6-8-10-12-14-16-18-20-22-24-26-28-30-32-34-36-38-40-43-53-45-47(46-55-57(51,52)54-44-42-49(3,4)5)56-48(50)41-39-37-35-33-31-29-27-25-23-21-19-17-15-13-11-9-7-2/h20,22,47H,6-19,21,23-46H2,1-5H3/b22-20-. The molecule has 0 saturated carbocycles. The highest BCUT2D eigenvalue weighted by Gasteiger charge is 2.20. The molecule has 57 heavy (non-hydrogen) atoms. The average molecular weight is 830 g/mol. The van der Waals surface area contributed by atoms with Gasteiger partial charge in [0.25, 0.3) is 7.82 Å². The maximum absolute atomic E-state index is 12.7. The quantitative estimate of drug-likeness (QED) is 0.0198. The van der Waals surface area contributed by atoms with Gasteiger partial charge < -0.3 is 27.9 Å². The molecule has 0 saturated heterocycles. The second-order valence-corrected chi connectivity index (χ2v) is 19.2. The summed E-state index contributed by atoms with van der Waals surface area (Å²) in [5, 5.41) is 0. The topological polar surface area (TPSA) is 94.1 Å². The molecule has 0 bridgehead atoms. The molecule has 0 N–H and O–H groups in total. The summed E-state index contributed by atoms with van der Waals surface area (Å²) in [6.07, 6.45) is 46.5. The Morgan fingerprint density at radius 3 is 1.33 bits per heavy atom. The van der Waals surface area contributed by atoms with Crippen molar-refractivity contribution >= 4 is 13.8 Å². The van der Waals surface area contributed by atoms with Crippen LogP contribution in [0.5, 0.6) is 0 Å². The Morgan fingerprint density at radius 1 is 0.526 bits per heavy atom. The lowest BCUT2D eigenvalue weighted by atomic mass is 10.0. The van der Waals surface area contributed by atoms with Crippen molar-refractivity contribution in [3.63, 3.8) is 0 Å². The van der Waals surface area contributed by atoms with Gasteiger partial charge in [-0.25, -0.2) is 0 Å². The van der Waals surface area contributed by atoms with Crippen LogP contribution in [0.2, 0.25) is 0 Å². The minimum absolute atomic E-state index is 0.0290. The van der Waals surface area contributed by atoms with Crippen molar-refractivity contribution in [1.82, 2.24) is 0 Å². The van der Waals surface area contributed by atoms with Gasteiger partial charge in [0.15, 0.2) is 0 Å². The number of quaternary nitrogens is 1. The predicted octanol–water partition coefficient (Wildman–Crippen LogP) is 14.0. The summed E-state index contributed by atoms with van der Waals surface area (Å²) in [6, 6.07) is 0. The van der Waals surface area contributed by atoms with E-state index in [0.717, 1.165) is 32.1 Å². The van der Waals surface area contributed by atoms with Crippen molar-refractivity contribution in [3.8, 4) is 0 Å². The van der Waals surface area contributed by atoms with Crippen LogP contribution in [0, 0.1) is 0 Å². The van der Waals surface area contributed by atoms with Crippen LogP contribution in [0.3, 0.4) is 0 Å². The number of nitrogens with zero attached hydrogens (tertiary/aromatic N) is 1. The number of carbonyl (C=O) groups is 1. The summed E-state index contributed by atoms with van der Waals surface area (Å²) in [4.78, 5) is 25.1. The van der Waals surface area contributed by atoms with Crippen LogP contribution in [-0.4, -0.2) is 70.7 Å². The van der Waals surface area contributed by atoms with Gasteiger partial charge in [0, 0.05) is 13.0 Å². The molecule has 0 aliphatic carbocycles. The molecule has 0 radical (unpaired) electrons. The predicted molar refractivity (Wildman–Crippen MR) is 241 cm³/mol. The third-order valence-corrected chi connectivity index (χ3v) is 11.8. The zero-order valence-corrected chi connectivity index (χ0v) is 39.5. The summed E-state index contributed by atoms with van der Waals surface area (Å²) in [5.74, 6) is -0.330. The van der Waals surface area contributed by atoms with Crippen molar-refractivity contribution < 1.29 is 37.3 Å². The summed E-state index contributed by atoms with van der Waals surface area (Å²) in [7, 11) is 1.37. The van der Waals surface area contributed by atoms with Crippen LogP contribution in [0.1, 0.15) is 232 Å². The van der Waals surface area contributed by atoms with E-state index in [-0.39, 0.29) is 25.8 Å². The Bertz CT molecular complexity index is 925. The molecule has 9 heteroatoms. The van der Waals surface area contributed by atoms with Gasteiger partial charge in [0.1, 0.15) is 19.3 Å². The van der Waals surface area contributed by atoms with Crippen LogP contribution < -0.4 is 4.89 Å². The van der Waals surface area contributed by atoms with Gasteiger partial charge in [-0.15, -0.1) is 0 Å². The van der Waals surface area contributed by atoms with Crippen LogP contribution in [-0.2, 0) is 27.9 Å². The number of allylic oxidation sites excluding steroid dienone is 2. The Hall–Kier alpha value is -0.760. The highest BCUT2D eigenvalue weighted by molar-refractivity contribution is 7.45. The largest absolute Gasteiger partial charge is 0.756 e. The Morgan fingerprint density at radius 2 is 0.912 bits per heavy atom. The molecule has 8 nitrogen and oxygen atoms in total. The van der Waals surface area contributed by atoms with E-state index in [1.807, 2.05) is 21.1 Å². The Balaban J connectivity index is 4.14. The van der Waals surface area contributed by atoms with Gasteiger partial charge in [-0.1, -0.05) is 199 Å². The van der Waals surface area contributed by atoms with Crippen molar-refractivity contribution in [2.45, 2.75) is 238 Å². The number of likely N-dealkylation sites (N-methyl/N-ethyl adjacent to an activating group) is 1. The fourth-order valence-electron chi connectivity index (χ4n) is 7.01. The first-order valence-corrected chi connectivity index (χ1v) is 25.9. The van der Waals surface area contributed by atoms with Gasteiger partial charge in [0.05, 0.1) is 34.4 Å². The number of hydrogen-bond donors (Lipinski definition) is 0. The molecular weight excluding hydrogens is 734 g/mol. The molecule has 2 unspecified atom stereocenters. The number of ether oxygens (including phenoxy) is 2. The van der Waals surface area contributed by atoms with Gasteiger partial charge >= 0.3 is 5.97 Å². The minimum atomic E-state index is -4.52. The smallest absolute Gasteiger partial charge is 0.306 e. The third kappa shape index (κ3) is 46.2. The fraction of sp³-hybridized carbons (Fsp3) is 0.938. The normalized spacial score (nSPS) is 13.7. The van der Waals surface area contributed by atoms with Gasteiger partial charge in [-0.05, 0) is 38.5 Å². The van der Waals surface area contributed by atoms with E-state index >= 15 is 0 Å². The number of rotatable bonds is 46. The maximum atomic E-state index is 12.7. The van der Waals surface area contributed by atoms with E-state index in [1.165, 1.54) is 180 Å². The van der Waals surface area contributed by atoms with Crippen LogP contribution in [0.15, 0.2) is 12.2 Å². The van der Waals surface area contributed by atoms with Gasteiger partial charge in [0.2, 0.25) is 0 Å². The molecule has 0 fully saturated rings. The molecule has 0 aromatic heterocycles. The molecule has 340 valence electrons. The molecule has 0 aromatic carbocycles. The molecule has 0 aliphatic heterocycles. The first-order valence-electron chi connectivity index (χ1n) is 24.4. The number of carbonyl (C=O) groups excluding carboxylic acids is 1. The molecule has 2 atom stereocenters. The van der Waals surface area contributed by atoms with Crippen molar-refractivity contribution in [3.05, 3.63) is 12.2 Å². The van der Waals surface area contributed by atoms with Gasteiger partial charge in [-0.2, -0.15) is 0 Å². The maximum Gasteiger partial charge on any atom is 0.306 e. The average Bonchev–Trinajstić information content (AvgIpc) is 3.16. The lowest BCUT2D eigenvalue weighted by Crippen LogP contribution is -2.37. The zero-order chi connectivity index (χ0) is 42.0. The fourth-order valence-corrected chi connectivity index (χ4v) is 7.74. The molecule has 0 aliphatic rings. The van der Waals surface area contributed by atoms with Crippen LogP contribution in [0.25, 0.3) is 0 Å². The molecule has 0 spiro atoms. The van der Waals surface area contributed by atoms with Crippen molar-refractivity contribution in [2.24, 2.45) is 0 Å². The van der Waals surface area contributed by atoms with E-state index in [2.05, 4.69) is 26.0 Å². The third-order valence-electron chi connectivity index (χ3n) is 10.8. The molecular formula is C48H96NO7P. The van der Waals surface area contributed by atoms with E-state index < -0.39 is 13.9 Å². The first-order chi connectivity index (χ1) is 27.6. The summed E-state index contributed by atoms with van der Waals surface area (Å²) >= 11 is 0. The second-order valence-electron chi connectivity index (χ2n) is 17.8. The molecule has 0 heterocycles. The summed E-state index contributed by atoms with van der Waals surface area (Å²) < 4.78 is 34.7. The van der Waals surface area contributed by atoms with Crippen LogP contribution >= 0.6 is 7.82 Å². The monoisotopic (exact) mass is 830 g/mol. The lowest BCUT2D eigenvalue weighted by molar-refractivity contribution is -0.870. The number of hydrogen-bond acceptors (Lipinski definition) is 7. The van der Waals surface area contributed by atoms with Gasteiger partial charge in [-0.3, -0.25) is 9.36 Å². The van der Waals surface area contributed by atoms with Crippen LogP contribution in [0.4, 0.5) is 0 Å². The first kappa shape index (κ1) is 56.2. The SMILES string of the molecule is CCCCCCCC/C=C\CCCCCCCCCCOCC(COP(=O)([O-])OCC[N+](C)(C)C)OC(=O)CCCCCCCCCCCCCCCCCCC. The number of unbranched alkanes of at least 4 members (excludes halogenated alkanes) is 30. The Kier molecular flexibility index (Phi) is 41.4. The molecule has 0 aromatic rings. The number of esters is 1. The van der Waals surface area contributed by atoms with E-state index in [0.29, 0.717) is 24.1 Å². The van der Waals surface area contributed by atoms with Crippen molar-refractivity contribution in [2.75, 3.05) is 54.1 Å².